The Balaban J connectivity index is 1.87. The van der Waals surface area contributed by atoms with E-state index in [-0.39, 0.29) is 36.2 Å². The number of nitro groups is 1. The van der Waals surface area contributed by atoms with Crippen molar-refractivity contribution >= 4 is 40.7 Å². The van der Waals surface area contributed by atoms with E-state index in [2.05, 4.69) is 5.32 Å². The van der Waals surface area contributed by atoms with Crippen molar-refractivity contribution in [1.82, 2.24) is 10.2 Å². The molecule has 1 saturated carbocycles. The second kappa shape index (κ2) is 10.8. The van der Waals surface area contributed by atoms with Gasteiger partial charge in [0.25, 0.3) is 5.69 Å². The number of nitrogens with zero attached hydrogens (tertiary/aromatic N) is 2. The summed E-state index contributed by atoms with van der Waals surface area (Å²) < 4.78 is 0. The Morgan fingerprint density at radius 1 is 1.12 bits per heavy atom. The Morgan fingerprint density at radius 2 is 1.75 bits per heavy atom. The van der Waals surface area contributed by atoms with Gasteiger partial charge in [-0.05, 0) is 31.9 Å². The molecule has 32 heavy (non-hydrogen) atoms. The van der Waals surface area contributed by atoms with Crippen LogP contribution in [-0.4, -0.2) is 33.7 Å². The van der Waals surface area contributed by atoms with Crippen molar-refractivity contribution in [2.45, 2.75) is 57.7 Å². The molecule has 0 heterocycles. The van der Waals surface area contributed by atoms with Gasteiger partial charge in [0.15, 0.2) is 0 Å². The third kappa shape index (κ3) is 5.78. The van der Waals surface area contributed by atoms with Crippen LogP contribution in [0, 0.1) is 10.1 Å². The van der Waals surface area contributed by atoms with Gasteiger partial charge in [-0.1, -0.05) is 60.3 Å². The van der Waals surface area contributed by atoms with E-state index in [0.717, 1.165) is 25.7 Å². The van der Waals surface area contributed by atoms with Crippen LogP contribution < -0.4 is 5.32 Å². The van der Waals surface area contributed by atoms with Gasteiger partial charge in [0.2, 0.25) is 11.8 Å². The number of rotatable bonds is 8. The molecule has 7 nitrogen and oxygen atoms in total. The second-order valence-electron chi connectivity index (χ2n) is 7.95. The monoisotopic (exact) mass is 477 g/mol. The fourth-order valence-electron chi connectivity index (χ4n) is 3.93. The molecule has 2 aromatic carbocycles. The van der Waals surface area contributed by atoms with Crippen molar-refractivity contribution in [1.29, 1.82) is 0 Å². The van der Waals surface area contributed by atoms with Crippen LogP contribution in [-0.2, 0) is 22.6 Å². The van der Waals surface area contributed by atoms with Crippen molar-refractivity contribution in [3.05, 3.63) is 73.8 Å². The Kier molecular flexibility index (Phi) is 8.10. The summed E-state index contributed by atoms with van der Waals surface area (Å²) in [7, 11) is 0. The Hall–Kier alpha value is -2.64. The maximum atomic E-state index is 13.3. The predicted octanol–water partition coefficient (Wildman–Crippen LogP) is 4.92. The summed E-state index contributed by atoms with van der Waals surface area (Å²) in [6, 6.07) is 10.4. The van der Waals surface area contributed by atoms with Crippen LogP contribution in [0.2, 0.25) is 10.0 Å². The van der Waals surface area contributed by atoms with E-state index in [1.807, 2.05) is 0 Å². The van der Waals surface area contributed by atoms with E-state index < -0.39 is 16.9 Å². The first-order valence-electron chi connectivity index (χ1n) is 10.5. The van der Waals surface area contributed by atoms with Crippen molar-refractivity contribution in [3.8, 4) is 0 Å². The molecular weight excluding hydrogens is 453 g/mol. The van der Waals surface area contributed by atoms with Crippen molar-refractivity contribution in [2.24, 2.45) is 0 Å². The fraction of sp³-hybridized carbons (Fsp3) is 0.391. The SMILES string of the molecule is CC(C(=O)NC1CCCC1)N(Cc1c(Cl)cccc1Cl)C(=O)Cc1ccccc1[N+](=O)[O-]. The number of hydrogen-bond donors (Lipinski definition) is 1. The highest BCUT2D eigenvalue weighted by Crippen LogP contribution is 2.28. The molecule has 0 aliphatic heterocycles. The van der Waals surface area contributed by atoms with Gasteiger partial charge < -0.3 is 10.2 Å². The minimum Gasteiger partial charge on any atom is -0.352 e. The number of hydrogen-bond acceptors (Lipinski definition) is 4. The van der Waals surface area contributed by atoms with Gasteiger partial charge in [0.05, 0.1) is 11.3 Å². The number of carbonyl (C=O) groups excluding carboxylic acids is 2. The van der Waals surface area contributed by atoms with Crippen LogP contribution in [0.1, 0.15) is 43.7 Å². The number of nitro benzene ring substituents is 1. The molecule has 0 bridgehead atoms. The van der Waals surface area contributed by atoms with Gasteiger partial charge in [0, 0.05) is 39.8 Å². The molecule has 1 aliphatic carbocycles. The largest absolute Gasteiger partial charge is 0.352 e. The molecule has 2 amide bonds. The number of halogens is 2. The van der Waals surface area contributed by atoms with Crippen LogP contribution in [0.4, 0.5) is 5.69 Å². The summed E-state index contributed by atoms with van der Waals surface area (Å²) in [6.07, 6.45) is 3.74. The first-order valence-corrected chi connectivity index (χ1v) is 11.3. The van der Waals surface area contributed by atoms with E-state index in [1.165, 1.54) is 11.0 Å². The van der Waals surface area contributed by atoms with Gasteiger partial charge in [-0.3, -0.25) is 19.7 Å². The van der Waals surface area contributed by atoms with E-state index in [0.29, 0.717) is 15.6 Å². The van der Waals surface area contributed by atoms with Crippen LogP contribution in [0.25, 0.3) is 0 Å². The van der Waals surface area contributed by atoms with E-state index in [9.17, 15) is 19.7 Å². The van der Waals surface area contributed by atoms with Gasteiger partial charge in [0.1, 0.15) is 6.04 Å². The predicted molar refractivity (Wildman–Crippen MR) is 124 cm³/mol. The molecule has 9 heteroatoms. The minimum absolute atomic E-state index is 0.0111. The first-order chi connectivity index (χ1) is 15.3. The lowest BCUT2D eigenvalue weighted by molar-refractivity contribution is -0.385. The molecular formula is C23H25Cl2N3O4. The van der Waals surface area contributed by atoms with Crippen molar-refractivity contribution in [2.75, 3.05) is 0 Å². The van der Waals surface area contributed by atoms with Crippen molar-refractivity contribution in [3.63, 3.8) is 0 Å². The van der Waals surface area contributed by atoms with E-state index in [4.69, 9.17) is 23.2 Å². The molecule has 1 atom stereocenters. The third-order valence-corrected chi connectivity index (χ3v) is 6.50. The Morgan fingerprint density at radius 3 is 2.38 bits per heavy atom. The topological polar surface area (TPSA) is 92.6 Å². The molecule has 3 rings (SSSR count). The average molecular weight is 478 g/mol. The molecule has 1 fully saturated rings. The number of amides is 2. The zero-order valence-electron chi connectivity index (χ0n) is 17.7. The maximum Gasteiger partial charge on any atom is 0.273 e. The molecule has 0 aromatic heterocycles. The summed E-state index contributed by atoms with van der Waals surface area (Å²) in [5.41, 5.74) is 0.660. The first kappa shape index (κ1) is 24.0. The summed E-state index contributed by atoms with van der Waals surface area (Å²) in [4.78, 5) is 38.5. The zero-order valence-corrected chi connectivity index (χ0v) is 19.2. The molecule has 1 aliphatic rings. The lowest BCUT2D eigenvalue weighted by atomic mass is 10.1. The Labute approximate surface area is 196 Å². The zero-order chi connectivity index (χ0) is 23.3. The van der Waals surface area contributed by atoms with Gasteiger partial charge in [-0.2, -0.15) is 0 Å². The maximum absolute atomic E-state index is 13.3. The van der Waals surface area contributed by atoms with E-state index >= 15 is 0 Å². The third-order valence-electron chi connectivity index (χ3n) is 5.79. The standard InChI is InChI=1S/C23H25Cl2N3O4/c1-15(23(30)26-17-8-3-4-9-17)27(14-18-19(24)10-6-11-20(18)25)22(29)13-16-7-2-5-12-21(16)28(31)32/h2,5-7,10-12,15,17H,3-4,8-9,13-14H2,1H3,(H,26,30). The highest BCUT2D eigenvalue weighted by Gasteiger charge is 2.30. The van der Waals surface area contributed by atoms with E-state index in [1.54, 1.807) is 43.3 Å². The van der Waals surface area contributed by atoms with Crippen LogP contribution >= 0.6 is 23.2 Å². The molecule has 0 saturated heterocycles. The summed E-state index contributed by atoms with van der Waals surface area (Å²) in [6.45, 7) is 1.66. The number of carbonyl (C=O) groups is 2. The van der Waals surface area contributed by atoms with Gasteiger partial charge >= 0.3 is 0 Å². The molecule has 1 unspecified atom stereocenters. The summed E-state index contributed by atoms with van der Waals surface area (Å²) in [5, 5.41) is 15.1. The number of para-hydroxylation sites is 1. The second-order valence-corrected chi connectivity index (χ2v) is 8.76. The number of nitrogens with one attached hydrogen (secondary N) is 1. The summed E-state index contributed by atoms with van der Waals surface area (Å²) >= 11 is 12.6. The van der Waals surface area contributed by atoms with Crippen molar-refractivity contribution < 1.29 is 14.5 Å². The molecule has 0 radical (unpaired) electrons. The normalized spacial score (nSPS) is 14.7. The highest BCUT2D eigenvalue weighted by molar-refractivity contribution is 6.36. The highest BCUT2D eigenvalue weighted by atomic mass is 35.5. The smallest absolute Gasteiger partial charge is 0.273 e. The van der Waals surface area contributed by atoms with Crippen LogP contribution in [0.15, 0.2) is 42.5 Å². The Bertz CT molecular complexity index is 988. The van der Waals surface area contributed by atoms with Gasteiger partial charge in [-0.15, -0.1) is 0 Å². The molecule has 0 spiro atoms. The quantitative estimate of drug-likeness (QED) is 0.431. The molecule has 2 aromatic rings. The van der Waals surface area contributed by atoms with Gasteiger partial charge in [-0.25, -0.2) is 0 Å². The van der Waals surface area contributed by atoms with Crippen LogP contribution in [0.5, 0.6) is 0 Å². The fourth-order valence-corrected chi connectivity index (χ4v) is 4.45. The van der Waals surface area contributed by atoms with Crippen LogP contribution in [0.3, 0.4) is 0 Å². The lowest BCUT2D eigenvalue weighted by Gasteiger charge is -2.30. The summed E-state index contributed by atoms with van der Waals surface area (Å²) in [5.74, 6) is -0.694. The molecule has 170 valence electrons. The lowest BCUT2D eigenvalue weighted by Crippen LogP contribution is -2.50. The molecule has 1 N–H and O–H groups in total. The average Bonchev–Trinajstić information content (AvgIpc) is 3.26. The minimum atomic E-state index is -0.807. The number of benzene rings is 2.